The topological polar surface area (TPSA) is 59.3 Å². The van der Waals surface area contributed by atoms with Crippen LogP contribution in [0.4, 0.5) is 0 Å². The van der Waals surface area contributed by atoms with Crippen LogP contribution < -0.4 is 16.4 Å². The van der Waals surface area contributed by atoms with Gasteiger partial charge in [0.25, 0.3) is 0 Å². The monoisotopic (exact) mass is 133 g/mol. The molecule has 56 valence electrons. The van der Waals surface area contributed by atoms with Gasteiger partial charge in [0.05, 0.1) is 6.61 Å². The molecule has 0 aliphatic rings. The molecule has 0 amide bonds. The molecule has 0 radical (unpaired) electrons. The molecule has 0 aromatic carbocycles. The van der Waals surface area contributed by atoms with Crippen LogP contribution in [0.1, 0.15) is 0 Å². The minimum atomic E-state index is -0.335. The largest absolute Gasteiger partial charge is 0.349 e. The Bertz CT molecular complexity index is 60.2. The summed E-state index contributed by atoms with van der Waals surface area (Å²) in [5.74, 6) is 0. The van der Waals surface area contributed by atoms with Crippen molar-refractivity contribution in [3.05, 3.63) is 0 Å². The zero-order chi connectivity index (χ0) is 7.11. The van der Waals surface area contributed by atoms with Crippen molar-refractivity contribution in [1.29, 1.82) is 0 Å². The summed E-state index contributed by atoms with van der Waals surface area (Å²) in [6.07, 6.45) is -0.335. The lowest BCUT2D eigenvalue weighted by Gasteiger charge is -2.10. The first kappa shape index (κ1) is 8.84. The van der Waals surface area contributed by atoms with E-state index in [1.807, 2.05) is 7.05 Å². The van der Waals surface area contributed by atoms with Crippen molar-refractivity contribution in [3.8, 4) is 0 Å². The Morgan fingerprint density at radius 2 is 2.22 bits per heavy atom. The van der Waals surface area contributed by atoms with Crippen LogP contribution in [0.25, 0.3) is 0 Å². The van der Waals surface area contributed by atoms with E-state index in [1.165, 1.54) is 0 Å². The van der Waals surface area contributed by atoms with Gasteiger partial charge in [-0.2, -0.15) is 0 Å². The van der Waals surface area contributed by atoms with Gasteiger partial charge < -0.3 is 10.1 Å². The molecule has 0 aliphatic heterocycles. The van der Waals surface area contributed by atoms with E-state index in [0.29, 0.717) is 6.61 Å². The zero-order valence-electron chi connectivity index (χ0n) is 5.98. The van der Waals surface area contributed by atoms with E-state index >= 15 is 0 Å². The van der Waals surface area contributed by atoms with Gasteiger partial charge in [0, 0.05) is 6.54 Å². The number of hydrogen-bond acceptors (Lipinski definition) is 4. The molecule has 1 unspecified atom stereocenters. The fourth-order valence-corrected chi connectivity index (χ4v) is 0.371. The van der Waals surface area contributed by atoms with Crippen LogP contribution in [0.5, 0.6) is 0 Å². The van der Waals surface area contributed by atoms with Crippen LogP contribution in [-0.4, -0.2) is 33.6 Å². The van der Waals surface area contributed by atoms with Gasteiger partial charge in [0.15, 0.2) is 6.35 Å². The second-order valence-corrected chi connectivity index (χ2v) is 1.68. The van der Waals surface area contributed by atoms with Crippen molar-refractivity contribution >= 4 is 0 Å². The Hall–Kier alpha value is -0.160. The molecular weight excluding hydrogens is 118 g/mol. The van der Waals surface area contributed by atoms with Crippen LogP contribution in [-0.2, 0) is 4.74 Å². The molecule has 4 N–H and O–H groups in total. The molecule has 0 heterocycles. The molecule has 0 saturated heterocycles. The summed E-state index contributed by atoms with van der Waals surface area (Å²) in [5.41, 5.74) is 5.35. The van der Waals surface area contributed by atoms with E-state index in [2.05, 4.69) is 10.6 Å². The predicted octanol–water partition coefficient (Wildman–Crippen LogP) is -1.32. The highest BCUT2D eigenvalue weighted by Crippen LogP contribution is 1.73. The van der Waals surface area contributed by atoms with Gasteiger partial charge in [0.2, 0.25) is 0 Å². The van der Waals surface area contributed by atoms with Gasteiger partial charge in [0.1, 0.15) is 0 Å². The number of hydrogen-bond donors (Lipinski definition) is 3. The normalized spacial score (nSPS) is 13.7. The maximum atomic E-state index is 5.35. The fourth-order valence-electron chi connectivity index (χ4n) is 0.371. The Balaban J connectivity index is 2.88. The molecule has 0 aromatic heterocycles. The molecule has 0 bridgehead atoms. The molecule has 1 atom stereocenters. The molecule has 4 heteroatoms. The quantitative estimate of drug-likeness (QED) is 0.322. The van der Waals surface area contributed by atoms with Gasteiger partial charge in [-0.1, -0.05) is 0 Å². The Kier molecular flexibility index (Phi) is 5.86. The zero-order valence-corrected chi connectivity index (χ0v) is 5.98. The van der Waals surface area contributed by atoms with Gasteiger partial charge >= 0.3 is 0 Å². The summed E-state index contributed by atoms with van der Waals surface area (Å²) in [6.45, 7) is 1.47. The van der Waals surface area contributed by atoms with Crippen molar-refractivity contribution in [3.63, 3.8) is 0 Å². The van der Waals surface area contributed by atoms with E-state index in [0.717, 1.165) is 6.54 Å². The Labute approximate surface area is 55.8 Å². The van der Waals surface area contributed by atoms with Crippen LogP contribution in [0.2, 0.25) is 0 Å². The minimum Gasteiger partial charge on any atom is -0.349 e. The van der Waals surface area contributed by atoms with E-state index in [-0.39, 0.29) is 6.35 Å². The molecule has 4 nitrogen and oxygen atoms in total. The standard InChI is InChI=1S/C5H15N3O/c1-7-3-4-9-5(6)8-2/h5,7-8H,3-4,6H2,1-2H3. The lowest BCUT2D eigenvalue weighted by Crippen LogP contribution is -2.38. The molecule has 0 saturated carbocycles. The molecule has 0 fully saturated rings. The predicted molar refractivity (Wildman–Crippen MR) is 36.9 cm³/mol. The van der Waals surface area contributed by atoms with E-state index < -0.39 is 0 Å². The summed E-state index contributed by atoms with van der Waals surface area (Å²) in [7, 11) is 3.62. The summed E-state index contributed by atoms with van der Waals surface area (Å²) in [4.78, 5) is 0. The van der Waals surface area contributed by atoms with Gasteiger partial charge in [-0.15, -0.1) is 0 Å². The number of nitrogens with one attached hydrogen (secondary N) is 2. The minimum absolute atomic E-state index is 0.335. The van der Waals surface area contributed by atoms with Crippen molar-refractivity contribution in [2.45, 2.75) is 6.35 Å². The van der Waals surface area contributed by atoms with Crippen molar-refractivity contribution in [2.75, 3.05) is 27.2 Å². The highest BCUT2D eigenvalue weighted by Gasteiger charge is 1.93. The lowest BCUT2D eigenvalue weighted by molar-refractivity contribution is 0.0424. The Morgan fingerprint density at radius 3 is 2.67 bits per heavy atom. The molecule has 9 heavy (non-hydrogen) atoms. The highest BCUT2D eigenvalue weighted by atomic mass is 16.5. The summed E-state index contributed by atoms with van der Waals surface area (Å²) < 4.78 is 5.04. The first-order valence-electron chi connectivity index (χ1n) is 3.00. The first-order chi connectivity index (χ1) is 4.31. The highest BCUT2D eigenvalue weighted by molar-refractivity contribution is 4.39. The average Bonchev–Trinajstić information content (AvgIpc) is 1.89. The molecule has 0 aromatic rings. The lowest BCUT2D eigenvalue weighted by atomic mass is 10.7. The van der Waals surface area contributed by atoms with Crippen molar-refractivity contribution < 1.29 is 4.74 Å². The maximum Gasteiger partial charge on any atom is 0.160 e. The van der Waals surface area contributed by atoms with Crippen LogP contribution >= 0.6 is 0 Å². The van der Waals surface area contributed by atoms with Crippen LogP contribution in [0, 0.1) is 0 Å². The third-order valence-corrected chi connectivity index (χ3v) is 0.934. The van der Waals surface area contributed by atoms with Crippen LogP contribution in [0.3, 0.4) is 0 Å². The molecular formula is C5H15N3O. The number of rotatable bonds is 5. The summed E-state index contributed by atoms with van der Waals surface area (Å²) >= 11 is 0. The SMILES string of the molecule is CNCCOC(N)NC. The number of likely N-dealkylation sites (N-methyl/N-ethyl adjacent to an activating group) is 1. The third-order valence-electron chi connectivity index (χ3n) is 0.934. The number of ether oxygens (including phenoxy) is 1. The third kappa shape index (κ3) is 5.72. The Morgan fingerprint density at radius 1 is 1.56 bits per heavy atom. The molecule has 0 spiro atoms. The van der Waals surface area contributed by atoms with Crippen molar-refractivity contribution in [2.24, 2.45) is 5.73 Å². The fraction of sp³-hybridized carbons (Fsp3) is 1.00. The van der Waals surface area contributed by atoms with Crippen LogP contribution in [0.15, 0.2) is 0 Å². The smallest absolute Gasteiger partial charge is 0.160 e. The average molecular weight is 133 g/mol. The van der Waals surface area contributed by atoms with Gasteiger partial charge in [-0.3, -0.25) is 11.1 Å². The number of nitrogens with two attached hydrogens (primary N) is 1. The van der Waals surface area contributed by atoms with E-state index in [4.69, 9.17) is 10.5 Å². The first-order valence-corrected chi connectivity index (χ1v) is 3.00. The second kappa shape index (κ2) is 5.97. The molecule has 0 aliphatic carbocycles. The second-order valence-electron chi connectivity index (χ2n) is 1.68. The van der Waals surface area contributed by atoms with Crippen molar-refractivity contribution in [1.82, 2.24) is 10.6 Å². The van der Waals surface area contributed by atoms with Gasteiger partial charge in [-0.05, 0) is 14.1 Å². The maximum absolute atomic E-state index is 5.35. The van der Waals surface area contributed by atoms with Gasteiger partial charge in [-0.25, -0.2) is 0 Å². The molecule has 0 rings (SSSR count). The van der Waals surface area contributed by atoms with E-state index in [1.54, 1.807) is 7.05 Å². The summed E-state index contributed by atoms with van der Waals surface area (Å²) in [6, 6.07) is 0. The van der Waals surface area contributed by atoms with E-state index in [9.17, 15) is 0 Å². The summed E-state index contributed by atoms with van der Waals surface area (Å²) in [5, 5.41) is 5.69.